The van der Waals surface area contributed by atoms with E-state index < -0.39 is 23.2 Å². The molecule has 0 atom stereocenters. The molecule has 3 rings (SSSR count). The molecule has 130 valence electrons. The van der Waals surface area contributed by atoms with Gasteiger partial charge in [-0.2, -0.15) is 0 Å². The molecule has 1 fully saturated rings. The van der Waals surface area contributed by atoms with Gasteiger partial charge in [0.15, 0.2) is 0 Å². The number of rotatable bonds is 5. The summed E-state index contributed by atoms with van der Waals surface area (Å²) in [5.41, 5.74) is 0.236. The van der Waals surface area contributed by atoms with E-state index in [-0.39, 0.29) is 17.8 Å². The van der Waals surface area contributed by atoms with Crippen LogP contribution in [0.5, 0.6) is 0 Å². The van der Waals surface area contributed by atoms with Crippen molar-refractivity contribution in [2.75, 3.05) is 0 Å². The first-order valence-electron chi connectivity index (χ1n) is 7.98. The first-order valence-corrected chi connectivity index (χ1v) is 7.98. The van der Waals surface area contributed by atoms with Crippen LogP contribution in [-0.2, 0) is 4.79 Å². The van der Waals surface area contributed by atoms with Crippen molar-refractivity contribution in [3.05, 3.63) is 59.7 Å². The molecule has 6 heteroatoms. The summed E-state index contributed by atoms with van der Waals surface area (Å²) < 4.78 is 27.3. The van der Waals surface area contributed by atoms with E-state index in [4.69, 9.17) is 5.11 Å². The van der Waals surface area contributed by atoms with Crippen molar-refractivity contribution in [1.29, 1.82) is 0 Å². The van der Waals surface area contributed by atoms with Crippen LogP contribution in [-0.4, -0.2) is 22.5 Å². The van der Waals surface area contributed by atoms with E-state index in [9.17, 15) is 18.4 Å². The van der Waals surface area contributed by atoms with Gasteiger partial charge in [0.05, 0.1) is 17.5 Å². The summed E-state index contributed by atoms with van der Waals surface area (Å²) in [6, 6.07) is 9.76. The van der Waals surface area contributed by atoms with Crippen molar-refractivity contribution < 1.29 is 23.5 Å². The van der Waals surface area contributed by atoms with Crippen LogP contribution in [0.2, 0.25) is 0 Å². The van der Waals surface area contributed by atoms with Crippen LogP contribution < -0.4 is 5.32 Å². The predicted octanol–water partition coefficient (Wildman–Crippen LogP) is 3.76. The van der Waals surface area contributed by atoms with Crippen LogP contribution in [0.1, 0.15) is 36.0 Å². The summed E-state index contributed by atoms with van der Waals surface area (Å²) in [4.78, 5) is 23.3. The molecule has 2 aromatic rings. The molecule has 4 nitrogen and oxygen atoms in total. The van der Waals surface area contributed by atoms with Gasteiger partial charge in [-0.1, -0.05) is 18.2 Å². The van der Waals surface area contributed by atoms with E-state index in [0.29, 0.717) is 24.0 Å². The number of nitrogens with one attached hydrogen (secondary N) is 1. The molecule has 2 N–H and O–H groups in total. The number of hydrogen-bond acceptors (Lipinski definition) is 2. The van der Waals surface area contributed by atoms with Crippen LogP contribution >= 0.6 is 0 Å². The Morgan fingerprint density at radius 1 is 1.04 bits per heavy atom. The molecule has 0 heterocycles. The van der Waals surface area contributed by atoms with Crippen LogP contribution in [0, 0.1) is 11.6 Å². The zero-order chi connectivity index (χ0) is 18.0. The summed E-state index contributed by atoms with van der Waals surface area (Å²) in [7, 11) is 0. The lowest BCUT2D eigenvalue weighted by molar-refractivity contribution is -0.139. The van der Waals surface area contributed by atoms with Gasteiger partial charge in [0.1, 0.15) is 11.6 Å². The molecule has 0 bridgehead atoms. The maximum absolute atomic E-state index is 14.4. The van der Waals surface area contributed by atoms with Gasteiger partial charge >= 0.3 is 5.97 Å². The lowest BCUT2D eigenvalue weighted by Gasteiger charge is -2.41. The van der Waals surface area contributed by atoms with Gasteiger partial charge in [-0.3, -0.25) is 9.59 Å². The van der Waals surface area contributed by atoms with Gasteiger partial charge in [0.25, 0.3) is 5.91 Å². The Hall–Kier alpha value is -2.76. The van der Waals surface area contributed by atoms with Gasteiger partial charge in [-0.05, 0) is 54.7 Å². The van der Waals surface area contributed by atoms with Crippen molar-refractivity contribution in [3.8, 4) is 11.1 Å². The molecule has 0 aliphatic heterocycles. The molecule has 1 aliphatic carbocycles. The lowest BCUT2D eigenvalue weighted by atomic mass is 9.74. The number of carboxylic acids is 1. The zero-order valence-electron chi connectivity index (χ0n) is 13.4. The van der Waals surface area contributed by atoms with E-state index in [1.165, 1.54) is 36.4 Å². The zero-order valence-corrected chi connectivity index (χ0v) is 13.4. The minimum Gasteiger partial charge on any atom is -0.481 e. The molecule has 0 saturated heterocycles. The Balaban J connectivity index is 1.79. The number of amides is 1. The van der Waals surface area contributed by atoms with Crippen LogP contribution in [0.25, 0.3) is 11.1 Å². The van der Waals surface area contributed by atoms with Gasteiger partial charge in [-0.25, -0.2) is 8.78 Å². The first-order chi connectivity index (χ1) is 11.9. The van der Waals surface area contributed by atoms with E-state index in [1.54, 1.807) is 6.07 Å². The average Bonchev–Trinajstić information content (AvgIpc) is 2.52. The third-order valence-electron chi connectivity index (χ3n) is 4.57. The first kappa shape index (κ1) is 17.1. The molecular weight excluding hydrogens is 328 g/mol. The highest BCUT2D eigenvalue weighted by Gasteiger charge is 2.40. The molecule has 1 saturated carbocycles. The Bertz CT molecular complexity index is 814. The molecule has 0 spiro atoms. The highest BCUT2D eigenvalue weighted by molar-refractivity contribution is 5.96. The minimum absolute atomic E-state index is 0.137. The Morgan fingerprint density at radius 3 is 2.20 bits per heavy atom. The average molecular weight is 345 g/mol. The molecule has 1 aliphatic rings. The van der Waals surface area contributed by atoms with Crippen LogP contribution in [0.15, 0.2) is 42.5 Å². The number of hydrogen-bond donors (Lipinski definition) is 2. The smallest absolute Gasteiger partial charge is 0.305 e. The lowest BCUT2D eigenvalue weighted by Crippen LogP contribution is -2.54. The fourth-order valence-electron chi connectivity index (χ4n) is 3.07. The van der Waals surface area contributed by atoms with Crippen molar-refractivity contribution in [2.24, 2.45) is 0 Å². The number of carboxylic acid groups (broad SMARTS) is 1. The van der Waals surface area contributed by atoms with Crippen molar-refractivity contribution in [3.63, 3.8) is 0 Å². The fourth-order valence-corrected chi connectivity index (χ4v) is 3.07. The standard InChI is InChI=1S/C19H17F2NO3/c20-14-5-2-12(3-6-14)13-4-7-15(16(21)10-13)18(25)22-19(8-1-9-19)11-17(23)24/h2-7,10H,1,8-9,11H2,(H,22,25)(H,23,24). The Kier molecular flexibility index (Phi) is 4.53. The van der Waals surface area contributed by atoms with E-state index in [1.807, 2.05) is 0 Å². The predicted molar refractivity (Wildman–Crippen MR) is 88.1 cm³/mol. The van der Waals surface area contributed by atoms with Crippen molar-refractivity contribution >= 4 is 11.9 Å². The summed E-state index contributed by atoms with van der Waals surface area (Å²) in [6.45, 7) is 0. The monoisotopic (exact) mass is 345 g/mol. The van der Waals surface area contributed by atoms with E-state index in [0.717, 1.165) is 6.42 Å². The molecule has 0 radical (unpaired) electrons. The Morgan fingerprint density at radius 2 is 1.68 bits per heavy atom. The largest absolute Gasteiger partial charge is 0.481 e. The number of carbonyl (C=O) groups excluding carboxylic acids is 1. The maximum Gasteiger partial charge on any atom is 0.305 e. The maximum atomic E-state index is 14.4. The second-order valence-corrected chi connectivity index (χ2v) is 6.36. The Labute approximate surface area is 143 Å². The molecule has 0 aromatic heterocycles. The molecule has 0 unspecified atom stereocenters. The fraction of sp³-hybridized carbons (Fsp3) is 0.263. The van der Waals surface area contributed by atoms with E-state index in [2.05, 4.69) is 5.32 Å². The second-order valence-electron chi connectivity index (χ2n) is 6.36. The highest BCUT2D eigenvalue weighted by atomic mass is 19.1. The van der Waals surface area contributed by atoms with Crippen molar-refractivity contribution in [2.45, 2.75) is 31.2 Å². The van der Waals surface area contributed by atoms with Gasteiger partial charge in [-0.15, -0.1) is 0 Å². The normalized spacial score (nSPS) is 15.3. The number of carbonyl (C=O) groups is 2. The second kappa shape index (κ2) is 6.63. The third kappa shape index (κ3) is 3.68. The molecular formula is C19H17F2NO3. The quantitative estimate of drug-likeness (QED) is 0.867. The summed E-state index contributed by atoms with van der Waals surface area (Å²) in [5, 5.41) is 11.7. The third-order valence-corrected chi connectivity index (χ3v) is 4.57. The molecule has 25 heavy (non-hydrogen) atoms. The van der Waals surface area contributed by atoms with Crippen molar-refractivity contribution in [1.82, 2.24) is 5.32 Å². The minimum atomic E-state index is -0.993. The van der Waals surface area contributed by atoms with Gasteiger partial charge < -0.3 is 10.4 Å². The number of benzene rings is 2. The molecule has 2 aromatic carbocycles. The van der Waals surface area contributed by atoms with E-state index >= 15 is 0 Å². The number of halogens is 2. The van der Waals surface area contributed by atoms with Gasteiger partial charge in [0.2, 0.25) is 0 Å². The molecule has 1 amide bonds. The summed E-state index contributed by atoms with van der Waals surface area (Å²) in [5.74, 6) is -2.70. The highest BCUT2D eigenvalue weighted by Crippen LogP contribution is 2.35. The van der Waals surface area contributed by atoms with Crippen LogP contribution in [0.3, 0.4) is 0 Å². The van der Waals surface area contributed by atoms with Gasteiger partial charge in [0, 0.05) is 0 Å². The summed E-state index contributed by atoms with van der Waals surface area (Å²) >= 11 is 0. The number of aliphatic carboxylic acids is 1. The topological polar surface area (TPSA) is 66.4 Å². The van der Waals surface area contributed by atoms with Crippen LogP contribution in [0.4, 0.5) is 8.78 Å². The summed E-state index contributed by atoms with van der Waals surface area (Å²) in [6.07, 6.45) is 1.80. The SMILES string of the molecule is O=C(O)CC1(NC(=O)c2ccc(-c3ccc(F)cc3)cc2F)CCC1.